The number of hydrogen-bond acceptors (Lipinski definition) is 9. The van der Waals surface area contributed by atoms with E-state index in [0.29, 0.717) is 16.9 Å². The van der Waals surface area contributed by atoms with E-state index in [2.05, 4.69) is 26.6 Å². The van der Waals surface area contributed by atoms with Gasteiger partial charge in [-0.1, -0.05) is 10.8 Å². The van der Waals surface area contributed by atoms with E-state index in [-0.39, 0.29) is 17.8 Å². The molecule has 10 heteroatoms. The summed E-state index contributed by atoms with van der Waals surface area (Å²) in [6.45, 7) is 0. The van der Waals surface area contributed by atoms with Gasteiger partial charge in [0.25, 0.3) is 0 Å². The van der Waals surface area contributed by atoms with Gasteiger partial charge in [0.15, 0.2) is 17.7 Å². The van der Waals surface area contributed by atoms with Crippen LogP contribution in [0.15, 0.2) is 12.7 Å². The van der Waals surface area contributed by atoms with Gasteiger partial charge in [-0.15, -0.1) is 11.7 Å². The third-order valence-electron chi connectivity index (χ3n) is 4.22. The predicted octanol–water partition coefficient (Wildman–Crippen LogP) is -0.394. The fourth-order valence-electron chi connectivity index (χ4n) is 3.12. The van der Waals surface area contributed by atoms with E-state index in [1.54, 1.807) is 4.57 Å². The van der Waals surface area contributed by atoms with Crippen LogP contribution in [0.25, 0.3) is 11.2 Å². The van der Waals surface area contributed by atoms with Gasteiger partial charge in [0.05, 0.1) is 24.5 Å². The van der Waals surface area contributed by atoms with Crippen LogP contribution in [0.5, 0.6) is 0 Å². The number of ether oxygens (including phenoxy) is 1. The van der Waals surface area contributed by atoms with Crippen LogP contribution >= 0.6 is 22.5 Å². The van der Waals surface area contributed by atoms with Gasteiger partial charge < -0.3 is 20.7 Å². The average molecular weight is 327 g/mol. The lowest BCUT2D eigenvalue weighted by molar-refractivity contribution is -0.0975. The van der Waals surface area contributed by atoms with Crippen molar-refractivity contribution in [3.63, 3.8) is 0 Å². The van der Waals surface area contributed by atoms with E-state index in [1.807, 2.05) is 0 Å². The van der Waals surface area contributed by atoms with Crippen molar-refractivity contribution >= 4 is 39.4 Å². The van der Waals surface area contributed by atoms with Gasteiger partial charge in [0.1, 0.15) is 17.4 Å². The number of aliphatic hydroxyl groups excluding tert-OH is 1. The minimum Gasteiger partial charge on any atom is -0.389 e. The highest BCUT2D eigenvalue weighted by Gasteiger charge is 2.77. The molecule has 1 unspecified atom stereocenters. The monoisotopic (exact) mass is 327 g/mol. The Morgan fingerprint density at radius 3 is 3.05 bits per heavy atom. The summed E-state index contributed by atoms with van der Waals surface area (Å²) < 4.78 is 7.47. The highest BCUT2D eigenvalue weighted by molar-refractivity contribution is 8.68. The van der Waals surface area contributed by atoms with Crippen LogP contribution in [0, 0.1) is 5.92 Å². The number of rotatable bonds is 3. The maximum atomic E-state index is 10.7. The standard InChI is InChI=1S/C11H13N5O3S2/c12-8-6-9(14-2-13-8)16(3-15-6)10-11(18)5(7(11)17)4(19-10)1-21-20/h2-5,7,10,17-18,20H,1H2,(H2,12,13,14)/t4-,5?,7-,10-,11-/m1/s1. The molecule has 0 bridgehead atoms. The lowest BCUT2D eigenvalue weighted by Crippen LogP contribution is -2.30. The van der Waals surface area contributed by atoms with Crippen molar-refractivity contribution in [2.24, 2.45) is 5.92 Å². The van der Waals surface area contributed by atoms with Crippen LogP contribution in [0.3, 0.4) is 0 Å². The smallest absolute Gasteiger partial charge is 0.168 e. The molecule has 0 spiro atoms. The van der Waals surface area contributed by atoms with Gasteiger partial charge in [-0.2, -0.15) is 0 Å². The number of hydrogen-bond donors (Lipinski definition) is 4. The molecule has 0 radical (unpaired) electrons. The Bertz CT molecular complexity index is 712. The molecule has 2 aromatic heterocycles. The Balaban J connectivity index is 1.77. The summed E-state index contributed by atoms with van der Waals surface area (Å²) in [5.74, 6) is 0.519. The Labute approximate surface area is 128 Å². The zero-order valence-electron chi connectivity index (χ0n) is 10.7. The van der Waals surface area contributed by atoms with Crippen molar-refractivity contribution in [1.29, 1.82) is 0 Å². The molecule has 0 aromatic carbocycles. The van der Waals surface area contributed by atoms with Crippen molar-refractivity contribution in [3.05, 3.63) is 12.7 Å². The fourth-order valence-corrected chi connectivity index (χ4v) is 3.99. The first-order valence-electron chi connectivity index (χ1n) is 6.34. The second-order valence-corrected chi connectivity index (χ2v) is 6.63. The highest BCUT2D eigenvalue weighted by atomic mass is 33.1. The van der Waals surface area contributed by atoms with Crippen molar-refractivity contribution in [2.75, 3.05) is 11.5 Å². The number of fused-ring (bicyclic) bond motifs is 2. The molecule has 4 N–H and O–H groups in total. The van der Waals surface area contributed by atoms with Crippen LogP contribution in [-0.2, 0) is 4.74 Å². The van der Waals surface area contributed by atoms with Gasteiger partial charge in [0.2, 0.25) is 0 Å². The molecule has 8 nitrogen and oxygen atoms in total. The average Bonchev–Trinajstić information content (AvgIpc) is 2.81. The number of aromatic nitrogens is 4. The first kappa shape index (κ1) is 13.6. The minimum absolute atomic E-state index is 0.263. The molecule has 2 aliphatic rings. The van der Waals surface area contributed by atoms with Gasteiger partial charge in [0, 0.05) is 5.75 Å². The molecule has 3 heterocycles. The molecule has 21 heavy (non-hydrogen) atoms. The van der Waals surface area contributed by atoms with E-state index in [0.717, 1.165) is 0 Å². The van der Waals surface area contributed by atoms with Crippen molar-refractivity contribution < 1.29 is 14.9 Å². The van der Waals surface area contributed by atoms with Crippen molar-refractivity contribution in [3.8, 4) is 0 Å². The lowest BCUT2D eigenvalue weighted by atomic mass is 10.2. The lowest BCUT2D eigenvalue weighted by Gasteiger charge is -2.23. The van der Waals surface area contributed by atoms with E-state index >= 15 is 0 Å². The molecular weight excluding hydrogens is 314 g/mol. The minimum atomic E-state index is -1.32. The van der Waals surface area contributed by atoms with Gasteiger partial charge in [-0.05, 0) is 0 Å². The molecule has 112 valence electrons. The van der Waals surface area contributed by atoms with Gasteiger partial charge in [-0.3, -0.25) is 4.57 Å². The number of nitrogens with two attached hydrogens (primary N) is 1. The molecule has 1 aliphatic carbocycles. The number of imidazole rings is 1. The van der Waals surface area contributed by atoms with E-state index < -0.39 is 17.9 Å². The SMILES string of the molecule is Nc1ncnc2c1ncn2[C@@H]1O[C@H](CSS)C2[C@@H](O)[C@]21O. The third kappa shape index (κ3) is 1.67. The summed E-state index contributed by atoms with van der Waals surface area (Å²) in [5, 5.41) is 20.7. The zero-order chi connectivity index (χ0) is 14.8. The van der Waals surface area contributed by atoms with Crippen molar-refractivity contribution in [2.45, 2.75) is 24.0 Å². The molecule has 1 saturated carbocycles. The highest BCUT2D eigenvalue weighted by Crippen LogP contribution is 2.61. The summed E-state index contributed by atoms with van der Waals surface area (Å²) in [7, 11) is 1.31. The molecular formula is C11H13N5O3S2. The molecule has 1 saturated heterocycles. The Morgan fingerprint density at radius 2 is 2.29 bits per heavy atom. The summed E-state index contributed by atoms with van der Waals surface area (Å²) in [5.41, 5.74) is 5.36. The number of nitrogens with zero attached hydrogens (tertiary/aromatic N) is 4. The number of nitrogen functional groups attached to an aromatic ring is 1. The van der Waals surface area contributed by atoms with Crippen LogP contribution in [0.2, 0.25) is 0 Å². The van der Waals surface area contributed by atoms with E-state index in [4.69, 9.17) is 10.5 Å². The maximum absolute atomic E-state index is 10.7. The first-order valence-corrected chi connectivity index (χ1v) is 8.38. The topological polar surface area (TPSA) is 119 Å². The Kier molecular flexibility index (Phi) is 2.89. The van der Waals surface area contributed by atoms with Gasteiger partial charge >= 0.3 is 0 Å². The van der Waals surface area contributed by atoms with Crippen LogP contribution in [0.1, 0.15) is 6.23 Å². The number of aliphatic hydroxyl groups is 2. The second-order valence-electron chi connectivity index (χ2n) is 5.26. The molecule has 2 fully saturated rings. The predicted molar refractivity (Wildman–Crippen MR) is 79.5 cm³/mol. The maximum Gasteiger partial charge on any atom is 0.168 e. The quantitative estimate of drug-likeness (QED) is 0.444. The Hall–Kier alpha value is -1.07. The summed E-state index contributed by atoms with van der Waals surface area (Å²) in [6, 6.07) is 0. The molecule has 1 aliphatic heterocycles. The number of thiol groups is 1. The van der Waals surface area contributed by atoms with Gasteiger partial charge in [-0.25, -0.2) is 15.0 Å². The van der Waals surface area contributed by atoms with E-state index in [9.17, 15) is 10.2 Å². The van der Waals surface area contributed by atoms with Crippen molar-refractivity contribution in [1.82, 2.24) is 19.5 Å². The van der Waals surface area contributed by atoms with Crippen LogP contribution in [0.4, 0.5) is 5.82 Å². The summed E-state index contributed by atoms with van der Waals surface area (Å²) in [6.07, 6.45) is 0.989. The largest absolute Gasteiger partial charge is 0.389 e. The summed E-state index contributed by atoms with van der Waals surface area (Å²) in [4.78, 5) is 12.2. The number of anilines is 1. The van der Waals surface area contributed by atoms with E-state index in [1.165, 1.54) is 23.4 Å². The normalized spacial score (nSPS) is 37.9. The zero-order valence-corrected chi connectivity index (χ0v) is 12.4. The first-order chi connectivity index (χ1) is 10.1. The molecule has 2 aromatic rings. The Morgan fingerprint density at radius 1 is 1.48 bits per heavy atom. The second kappa shape index (κ2) is 4.46. The third-order valence-corrected chi connectivity index (χ3v) is 5.14. The fraction of sp³-hybridized carbons (Fsp3) is 0.545. The summed E-state index contributed by atoms with van der Waals surface area (Å²) >= 11 is 4.11. The van der Waals surface area contributed by atoms with Crippen LogP contribution < -0.4 is 5.73 Å². The molecule has 5 atom stereocenters. The molecule has 0 amide bonds. The molecule has 4 rings (SSSR count). The van der Waals surface area contributed by atoms with Crippen LogP contribution in [-0.4, -0.2) is 53.3 Å².